The van der Waals surface area contributed by atoms with E-state index in [0.717, 1.165) is 28.0 Å². The van der Waals surface area contributed by atoms with Crippen molar-refractivity contribution in [1.29, 1.82) is 0 Å². The number of imidazole rings is 1. The third kappa shape index (κ3) is 3.09. The smallest absolute Gasteiger partial charge is 0.255 e. The lowest BCUT2D eigenvalue weighted by atomic mass is 10.1. The predicted molar refractivity (Wildman–Crippen MR) is 105 cm³/mol. The first-order chi connectivity index (χ1) is 12.6. The average molecular weight is 341 g/mol. The number of anilines is 1. The first kappa shape index (κ1) is 16.1. The van der Waals surface area contributed by atoms with Crippen LogP contribution in [0.4, 0.5) is 5.69 Å². The Balaban J connectivity index is 1.61. The number of benzene rings is 3. The number of aryl methyl sites for hydroxylation is 2. The SMILES string of the molecule is Cc1ccc(C(=O)Nc2ccc3c(c2)ncn3-c2ccc(C)cc2)cc1. The molecule has 0 saturated carbocycles. The van der Waals surface area contributed by atoms with Crippen molar-refractivity contribution in [3.8, 4) is 5.69 Å². The summed E-state index contributed by atoms with van der Waals surface area (Å²) < 4.78 is 2.04. The van der Waals surface area contributed by atoms with Gasteiger partial charge in [-0.15, -0.1) is 0 Å². The fourth-order valence-corrected chi connectivity index (χ4v) is 2.91. The molecule has 0 aliphatic carbocycles. The summed E-state index contributed by atoms with van der Waals surface area (Å²) in [6.45, 7) is 4.07. The quantitative estimate of drug-likeness (QED) is 0.576. The second-order valence-corrected chi connectivity index (χ2v) is 6.47. The number of carbonyl (C=O) groups is 1. The van der Waals surface area contributed by atoms with Gasteiger partial charge in [-0.05, 0) is 56.3 Å². The molecule has 128 valence electrons. The molecule has 26 heavy (non-hydrogen) atoms. The lowest BCUT2D eigenvalue weighted by molar-refractivity contribution is 0.102. The molecule has 1 aromatic heterocycles. The minimum Gasteiger partial charge on any atom is -0.322 e. The third-order valence-corrected chi connectivity index (χ3v) is 4.43. The van der Waals surface area contributed by atoms with Crippen molar-refractivity contribution in [3.63, 3.8) is 0 Å². The van der Waals surface area contributed by atoms with Gasteiger partial charge in [0.1, 0.15) is 6.33 Å². The summed E-state index contributed by atoms with van der Waals surface area (Å²) in [6.07, 6.45) is 1.81. The van der Waals surface area contributed by atoms with Crippen LogP contribution in [-0.4, -0.2) is 15.5 Å². The number of carbonyl (C=O) groups excluding carboxylic acids is 1. The van der Waals surface area contributed by atoms with Crippen LogP contribution in [0.15, 0.2) is 73.1 Å². The highest BCUT2D eigenvalue weighted by Crippen LogP contribution is 2.22. The van der Waals surface area contributed by atoms with Crippen LogP contribution in [0, 0.1) is 13.8 Å². The second-order valence-electron chi connectivity index (χ2n) is 6.47. The molecule has 1 amide bonds. The van der Waals surface area contributed by atoms with Gasteiger partial charge in [-0.2, -0.15) is 0 Å². The van der Waals surface area contributed by atoms with Crippen LogP contribution in [0.2, 0.25) is 0 Å². The molecule has 0 radical (unpaired) electrons. The molecular formula is C22H19N3O. The molecule has 1 N–H and O–H groups in total. The van der Waals surface area contributed by atoms with Crippen molar-refractivity contribution in [3.05, 3.63) is 89.7 Å². The molecule has 4 nitrogen and oxygen atoms in total. The monoisotopic (exact) mass is 341 g/mol. The molecule has 0 aliphatic heterocycles. The van der Waals surface area contributed by atoms with Gasteiger partial charge in [0.15, 0.2) is 0 Å². The molecule has 0 spiro atoms. The lowest BCUT2D eigenvalue weighted by Gasteiger charge is -2.07. The maximum atomic E-state index is 12.4. The topological polar surface area (TPSA) is 46.9 Å². The van der Waals surface area contributed by atoms with Gasteiger partial charge in [0.05, 0.1) is 11.0 Å². The summed E-state index contributed by atoms with van der Waals surface area (Å²) in [6, 6.07) is 21.6. The number of fused-ring (bicyclic) bond motifs is 1. The fourth-order valence-electron chi connectivity index (χ4n) is 2.91. The van der Waals surface area contributed by atoms with Gasteiger partial charge in [-0.25, -0.2) is 4.98 Å². The lowest BCUT2D eigenvalue weighted by Crippen LogP contribution is -2.11. The van der Waals surface area contributed by atoms with Gasteiger partial charge in [0, 0.05) is 16.9 Å². The molecule has 0 saturated heterocycles. The molecule has 0 fully saturated rings. The van der Waals surface area contributed by atoms with Crippen LogP contribution < -0.4 is 5.32 Å². The van der Waals surface area contributed by atoms with Crippen LogP contribution in [0.5, 0.6) is 0 Å². The summed E-state index contributed by atoms with van der Waals surface area (Å²) in [7, 11) is 0. The molecular weight excluding hydrogens is 322 g/mol. The number of rotatable bonds is 3. The average Bonchev–Trinajstić information content (AvgIpc) is 3.06. The Morgan fingerprint density at radius 2 is 1.54 bits per heavy atom. The summed E-state index contributed by atoms with van der Waals surface area (Å²) in [5.74, 6) is -0.123. The van der Waals surface area contributed by atoms with E-state index >= 15 is 0 Å². The maximum Gasteiger partial charge on any atom is 0.255 e. The van der Waals surface area contributed by atoms with E-state index < -0.39 is 0 Å². The standard InChI is InChI=1S/C22H19N3O/c1-15-3-7-17(8-4-15)22(26)24-18-9-12-21-20(13-18)23-14-25(21)19-10-5-16(2)6-11-19/h3-14H,1-2H3,(H,24,26). The molecule has 4 aromatic rings. The Morgan fingerprint density at radius 3 is 2.23 bits per heavy atom. The number of hydrogen-bond donors (Lipinski definition) is 1. The van der Waals surface area contributed by atoms with Crippen molar-refractivity contribution >= 4 is 22.6 Å². The molecule has 0 atom stereocenters. The third-order valence-electron chi connectivity index (χ3n) is 4.43. The first-order valence-corrected chi connectivity index (χ1v) is 8.52. The van der Waals surface area contributed by atoms with Crippen molar-refractivity contribution in [1.82, 2.24) is 9.55 Å². The summed E-state index contributed by atoms with van der Waals surface area (Å²) >= 11 is 0. The van der Waals surface area contributed by atoms with Gasteiger partial charge in [-0.1, -0.05) is 35.4 Å². The largest absolute Gasteiger partial charge is 0.322 e. The maximum absolute atomic E-state index is 12.4. The Hall–Kier alpha value is -3.40. The molecule has 1 heterocycles. The second kappa shape index (κ2) is 6.48. The van der Waals surface area contributed by atoms with Crippen LogP contribution in [0.25, 0.3) is 16.7 Å². The summed E-state index contributed by atoms with van der Waals surface area (Å²) in [5, 5.41) is 2.94. The van der Waals surface area contributed by atoms with Crippen molar-refractivity contribution in [2.45, 2.75) is 13.8 Å². The zero-order chi connectivity index (χ0) is 18.1. The predicted octanol–water partition coefficient (Wildman–Crippen LogP) is 4.89. The highest BCUT2D eigenvalue weighted by Gasteiger charge is 2.09. The zero-order valence-corrected chi connectivity index (χ0v) is 14.7. The van der Waals surface area contributed by atoms with Crippen LogP contribution in [0.1, 0.15) is 21.5 Å². The van der Waals surface area contributed by atoms with E-state index in [0.29, 0.717) is 5.56 Å². The number of nitrogens with zero attached hydrogens (tertiary/aromatic N) is 2. The van der Waals surface area contributed by atoms with Gasteiger partial charge < -0.3 is 5.32 Å². The number of aromatic nitrogens is 2. The minimum atomic E-state index is -0.123. The molecule has 0 aliphatic rings. The van der Waals surface area contributed by atoms with Crippen LogP contribution in [-0.2, 0) is 0 Å². The van der Waals surface area contributed by atoms with Crippen molar-refractivity contribution in [2.75, 3.05) is 5.32 Å². The van der Waals surface area contributed by atoms with E-state index in [9.17, 15) is 4.79 Å². The fraction of sp³-hybridized carbons (Fsp3) is 0.0909. The first-order valence-electron chi connectivity index (χ1n) is 8.52. The van der Waals surface area contributed by atoms with E-state index in [4.69, 9.17) is 0 Å². The van der Waals surface area contributed by atoms with Crippen molar-refractivity contribution in [2.24, 2.45) is 0 Å². The highest BCUT2D eigenvalue weighted by atomic mass is 16.1. The molecule has 0 bridgehead atoms. The highest BCUT2D eigenvalue weighted by molar-refractivity contribution is 6.05. The van der Waals surface area contributed by atoms with Gasteiger partial charge in [0.25, 0.3) is 5.91 Å². The Kier molecular flexibility index (Phi) is 4.01. The van der Waals surface area contributed by atoms with Crippen molar-refractivity contribution < 1.29 is 4.79 Å². The summed E-state index contributed by atoms with van der Waals surface area (Å²) in [4.78, 5) is 16.9. The van der Waals surface area contributed by atoms with E-state index in [-0.39, 0.29) is 5.91 Å². The molecule has 0 unspecified atom stereocenters. The van der Waals surface area contributed by atoms with Gasteiger partial charge in [-0.3, -0.25) is 9.36 Å². The zero-order valence-electron chi connectivity index (χ0n) is 14.7. The normalized spacial score (nSPS) is 10.8. The van der Waals surface area contributed by atoms with E-state index in [1.807, 2.05) is 54.0 Å². The molecule has 4 rings (SSSR count). The molecule has 4 heteroatoms. The Morgan fingerprint density at radius 1 is 0.885 bits per heavy atom. The van der Waals surface area contributed by atoms with E-state index in [2.05, 4.69) is 41.5 Å². The van der Waals surface area contributed by atoms with Gasteiger partial charge in [0.2, 0.25) is 0 Å². The summed E-state index contributed by atoms with van der Waals surface area (Å²) in [5.41, 5.74) is 6.63. The Labute approximate surface area is 152 Å². The number of amides is 1. The number of nitrogens with one attached hydrogen (secondary N) is 1. The molecule has 3 aromatic carbocycles. The minimum absolute atomic E-state index is 0.123. The number of hydrogen-bond acceptors (Lipinski definition) is 2. The van der Waals surface area contributed by atoms with Crippen LogP contribution >= 0.6 is 0 Å². The van der Waals surface area contributed by atoms with E-state index in [1.54, 1.807) is 6.33 Å². The van der Waals surface area contributed by atoms with Gasteiger partial charge >= 0.3 is 0 Å². The Bertz CT molecular complexity index is 1080. The van der Waals surface area contributed by atoms with Crippen LogP contribution in [0.3, 0.4) is 0 Å². The van der Waals surface area contributed by atoms with E-state index in [1.165, 1.54) is 5.56 Å².